The fourth-order valence-electron chi connectivity index (χ4n) is 4.32. The van der Waals surface area contributed by atoms with Gasteiger partial charge in [-0.25, -0.2) is 0 Å². The van der Waals surface area contributed by atoms with Gasteiger partial charge in [-0.3, -0.25) is 4.79 Å². The van der Waals surface area contributed by atoms with E-state index in [0.29, 0.717) is 77.3 Å². The molecule has 0 amide bonds. The second-order valence-corrected chi connectivity index (χ2v) is 9.50. The molecule has 0 unspecified atom stereocenters. The van der Waals surface area contributed by atoms with Crippen LogP contribution >= 0.6 is 0 Å². The Hall–Kier alpha value is -2.89. The molecule has 3 aromatic rings. The molecule has 0 radical (unpaired) electrons. The summed E-state index contributed by atoms with van der Waals surface area (Å²) in [4.78, 5) is 13.9. The molecule has 1 aromatic heterocycles. The lowest BCUT2D eigenvalue weighted by atomic mass is 9.95. The zero-order chi connectivity index (χ0) is 25.0. The van der Waals surface area contributed by atoms with Crippen molar-refractivity contribution in [1.82, 2.24) is 0 Å². The van der Waals surface area contributed by atoms with Crippen molar-refractivity contribution in [2.45, 2.75) is 67.2 Å². The lowest BCUT2D eigenvalue weighted by Gasteiger charge is -2.18. The Morgan fingerprint density at radius 3 is 1.94 bits per heavy atom. The predicted octanol–water partition coefficient (Wildman–Crippen LogP) is 6.64. The molecule has 0 fully saturated rings. The molecule has 0 saturated heterocycles. The second kappa shape index (κ2) is 11.0. The van der Waals surface area contributed by atoms with E-state index < -0.39 is 0 Å². The molecule has 3 rings (SSSR count). The Bertz CT molecular complexity index is 1210. The molecule has 2 aromatic carbocycles. The first-order valence-corrected chi connectivity index (χ1v) is 12.3. The van der Waals surface area contributed by atoms with E-state index in [1.54, 1.807) is 19.2 Å². The van der Waals surface area contributed by atoms with Gasteiger partial charge in [0.2, 0.25) is 5.43 Å². The molecule has 0 bridgehead atoms. The third-order valence-corrected chi connectivity index (χ3v) is 6.06. The first-order chi connectivity index (χ1) is 16.2. The molecule has 0 aliphatic rings. The Morgan fingerprint density at radius 1 is 0.853 bits per heavy atom. The van der Waals surface area contributed by atoms with Crippen LogP contribution in [0.5, 0.6) is 23.0 Å². The average Bonchev–Trinajstić information content (AvgIpc) is 2.76. The summed E-state index contributed by atoms with van der Waals surface area (Å²) >= 11 is 0. The van der Waals surface area contributed by atoms with Crippen LogP contribution in [0.2, 0.25) is 0 Å². The topological polar surface area (TPSA) is 78.1 Å². The van der Waals surface area contributed by atoms with Crippen LogP contribution in [0.25, 0.3) is 21.9 Å². The molecular formula is C28H38O6. The second-order valence-electron chi connectivity index (χ2n) is 9.50. The molecule has 6 heteroatoms. The Kier molecular flexibility index (Phi) is 8.34. The largest absolute Gasteiger partial charge is 0.507 e. The van der Waals surface area contributed by atoms with Crippen LogP contribution in [0.4, 0.5) is 0 Å². The fourth-order valence-corrected chi connectivity index (χ4v) is 4.32. The maximum absolute atomic E-state index is 13.9. The summed E-state index contributed by atoms with van der Waals surface area (Å²) in [5.74, 6) is 2.47. The highest BCUT2D eigenvalue weighted by Crippen LogP contribution is 2.42. The third kappa shape index (κ3) is 5.11. The lowest BCUT2D eigenvalue weighted by Crippen LogP contribution is -2.10. The van der Waals surface area contributed by atoms with E-state index in [1.165, 1.54) is 0 Å². The molecule has 0 aliphatic carbocycles. The zero-order valence-electron chi connectivity index (χ0n) is 21.5. The van der Waals surface area contributed by atoms with Crippen LogP contribution < -0.4 is 19.6 Å². The smallest absolute Gasteiger partial charge is 0.204 e. The molecular weight excluding hydrogens is 432 g/mol. The van der Waals surface area contributed by atoms with Gasteiger partial charge in [0.05, 0.1) is 25.7 Å². The van der Waals surface area contributed by atoms with Crippen LogP contribution in [0.15, 0.2) is 21.3 Å². The molecule has 0 aliphatic heterocycles. The van der Waals surface area contributed by atoms with Crippen molar-refractivity contribution < 1.29 is 23.7 Å². The Morgan fingerprint density at radius 2 is 1.38 bits per heavy atom. The van der Waals surface area contributed by atoms with E-state index in [0.717, 1.165) is 18.4 Å². The molecule has 0 spiro atoms. The van der Waals surface area contributed by atoms with Gasteiger partial charge >= 0.3 is 0 Å². The number of rotatable bonds is 11. The maximum Gasteiger partial charge on any atom is 0.204 e. The van der Waals surface area contributed by atoms with E-state index in [-0.39, 0.29) is 16.6 Å². The van der Waals surface area contributed by atoms with Crippen molar-refractivity contribution in [3.8, 4) is 23.0 Å². The minimum absolute atomic E-state index is 0.0556. The van der Waals surface area contributed by atoms with Crippen LogP contribution in [0, 0.1) is 11.8 Å². The van der Waals surface area contributed by atoms with Gasteiger partial charge in [0.25, 0.3) is 0 Å². The van der Waals surface area contributed by atoms with Gasteiger partial charge in [-0.05, 0) is 51.4 Å². The van der Waals surface area contributed by atoms with Crippen molar-refractivity contribution >= 4 is 21.9 Å². The lowest BCUT2D eigenvalue weighted by molar-refractivity contribution is 0.309. The summed E-state index contributed by atoms with van der Waals surface area (Å²) in [6, 6.07) is 3.44. The summed E-state index contributed by atoms with van der Waals surface area (Å²) in [6.45, 7) is 13.2. The van der Waals surface area contributed by atoms with Crippen LogP contribution in [-0.2, 0) is 12.8 Å². The highest BCUT2D eigenvalue weighted by atomic mass is 16.5. The molecule has 34 heavy (non-hydrogen) atoms. The van der Waals surface area contributed by atoms with Gasteiger partial charge in [-0.2, -0.15) is 0 Å². The first kappa shape index (κ1) is 25.7. The molecule has 1 heterocycles. The SMILES string of the molecule is CCOc1cc2oc3cc(OCC)c(OC)c(CCC(C)C)c3c(=O)c2c(O)c1CCC(C)C. The summed E-state index contributed by atoms with van der Waals surface area (Å²) in [7, 11) is 1.58. The minimum atomic E-state index is -0.261. The summed E-state index contributed by atoms with van der Waals surface area (Å²) in [6.07, 6.45) is 2.97. The van der Waals surface area contributed by atoms with E-state index in [2.05, 4.69) is 27.7 Å². The van der Waals surface area contributed by atoms with Crippen molar-refractivity contribution in [3.05, 3.63) is 33.5 Å². The van der Waals surface area contributed by atoms with Crippen LogP contribution in [-0.4, -0.2) is 25.4 Å². The number of fused-ring (bicyclic) bond motifs is 2. The average molecular weight is 471 g/mol. The Labute approximate surface area is 201 Å². The van der Waals surface area contributed by atoms with Gasteiger partial charge in [-0.15, -0.1) is 0 Å². The standard InChI is InChI=1S/C28H38O6/c1-8-32-20-14-22-25(26(29)18(20)12-10-16(3)4)27(30)24-19(13-11-17(5)6)28(31-7)23(33-9-2)15-21(24)34-22/h14-17,29H,8-13H2,1-7H3. The molecule has 0 atom stereocenters. The number of ether oxygens (including phenoxy) is 3. The maximum atomic E-state index is 13.9. The Balaban J connectivity index is 2.40. The first-order valence-electron chi connectivity index (χ1n) is 12.3. The summed E-state index contributed by atoms with van der Waals surface area (Å²) in [5, 5.41) is 11.9. The number of hydrogen-bond acceptors (Lipinski definition) is 6. The summed E-state index contributed by atoms with van der Waals surface area (Å²) < 4.78 is 23.6. The minimum Gasteiger partial charge on any atom is -0.507 e. The molecule has 1 N–H and O–H groups in total. The number of phenols is 1. The number of hydrogen-bond donors (Lipinski definition) is 1. The van der Waals surface area contributed by atoms with E-state index >= 15 is 0 Å². The normalized spacial score (nSPS) is 11.7. The van der Waals surface area contributed by atoms with Gasteiger partial charge in [0.1, 0.15) is 28.1 Å². The third-order valence-electron chi connectivity index (χ3n) is 6.06. The zero-order valence-corrected chi connectivity index (χ0v) is 21.5. The fraction of sp³-hybridized carbons (Fsp3) is 0.536. The van der Waals surface area contributed by atoms with Crippen molar-refractivity contribution in [1.29, 1.82) is 0 Å². The van der Waals surface area contributed by atoms with E-state index in [1.807, 2.05) is 13.8 Å². The number of benzene rings is 2. The van der Waals surface area contributed by atoms with Gasteiger partial charge in [0.15, 0.2) is 11.5 Å². The van der Waals surface area contributed by atoms with E-state index in [9.17, 15) is 9.90 Å². The van der Waals surface area contributed by atoms with Gasteiger partial charge in [-0.1, -0.05) is 27.7 Å². The van der Waals surface area contributed by atoms with Gasteiger partial charge < -0.3 is 23.7 Å². The number of phenolic OH excluding ortho intramolecular Hbond substituents is 1. The highest BCUT2D eigenvalue weighted by molar-refractivity contribution is 5.97. The molecule has 0 saturated carbocycles. The van der Waals surface area contributed by atoms with E-state index in [4.69, 9.17) is 18.6 Å². The number of aromatic hydroxyl groups is 1. The number of methoxy groups -OCH3 is 1. The van der Waals surface area contributed by atoms with Crippen LogP contribution in [0.3, 0.4) is 0 Å². The quantitative estimate of drug-likeness (QED) is 0.317. The predicted molar refractivity (Wildman–Crippen MR) is 137 cm³/mol. The van der Waals surface area contributed by atoms with Crippen LogP contribution in [0.1, 0.15) is 65.5 Å². The van der Waals surface area contributed by atoms with Crippen molar-refractivity contribution in [2.24, 2.45) is 11.8 Å². The summed E-state index contributed by atoms with van der Waals surface area (Å²) in [5.41, 5.74) is 1.86. The molecule has 6 nitrogen and oxygen atoms in total. The van der Waals surface area contributed by atoms with Gasteiger partial charge in [0, 0.05) is 23.3 Å². The van der Waals surface area contributed by atoms with Crippen molar-refractivity contribution in [2.75, 3.05) is 20.3 Å². The number of aryl methyl sites for hydroxylation is 1. The molecule has 186 valence electrons. The monoisotopic (exact) mass is 470 g/mol. The highest BCUT2D eigenvalue weighted by Gasteiger charge is 2.24. The van der Waals surface area contributed by atoms with Crippen molar-refractivity contribution in [3.63, 3.8) is 0 Å².